The molecule has 0 saturated carbocycles. The van der Waals surface area contributed by atoms with Gasteiger partial charge in [-0.25, -0.2) is 0 Å². The van der Waals surface area contributed by atoms with Gasteiger partial charge < -0.3 is 10.3 Å². The summed E-state index contributed by atoms with van der Waals surface area (Å²) in [4.78, 5) is 14.3. The Hall–Kier alpha value is -2.21. The van der Waals surface area contributed by atoms with Crippen molar-refractivity contribution in [3.8, 4) is 0 Å². The Kier molecular flexibility index (Phi) is 4.90. The van der Waals surface area contributed by atoms with Gasteiger partial charge in [0.2, 0.25) is 5.65 Å². The lowest BCUT2D eigenvalue weighted by atomic mass is 9.68. The first kappa shape index (κ1) is 17.6. The number of aromatic amines is 1. The largest absolute Gasteiger partial charge is 0.324 e. The number of hydrogen-bond acceptors (Lipinski definition) is 4. The molecule has 0 aromatic carbocycles. The van der Waals surface area contributed by atoms with Crippen LogP contribution in [-0.4, -0.2) is 25.6 Å². The zero-order chi connectivity index (χ0) is 18.0. The number of allylic oxidation sites excluding steroid dienone is 3. The Labute approximate surface area is 148 Å². The second-order valence-corrected chi connectivity index (χ2v) is 7.61. The summed E-state index contributed by atoms with van der Waals surface area (Å²) in [5.41, 5.74) is 1.87. The monoisotopic (exact) mass is 341 g/mol. The maximum Gasteiger partial charge on any atom is 0.293 e. The first-order valence-electron chi connectivity index (χ1n) is 8.88. The summed E-state index contributed by atoms with van der Waals surface area (Å²) < 4.78 is 1.72. The molecule has 1 aliphatic rings. The third-order valence-corrected chi connectivity index (χ3v) is 5.17. The van der Waals surface area contributed by atoms with Crippen LogP contribution < -0.4 is 10.9 Å². The summed E-state index contributed by atoms with van der Waals surface area (Å²) >= 11 is 0. The maximum atomic E-state index is 11.7. The van der Waals surface area contributed by atoms with E-state index in [2.05, 4.69) is 66.4 Å². The van der Waals surface area contributed by atoms with Crippen molar-refractivity contribution in [2.75, 3.05) is 0 Å². The first-order chi connectivity index (χ1) is 11.9. The second kappa shape index (κ2) is 6.96. The highest BCUT2D eigenvalue weighted by Crippen LogP contribution is 2.41. The molecule has 0 aliphatic heterocycles. The van der Waals surface area contributed by atoms with Crippen molar-refractivity contribution in [1.29, 1.82) is 0 Å². The van der Waals surface area contributed by atoms with Crippen molar-refractivity contribution >= 4 is 5.65 Å². The lowest BCUT2D eigenvalue weighted by Crippen LogP contribution is -2.28. The summed E-state index contributed by atoms with van der Waals surface area (Å²) in [7, 11) is 0. The van der Waals surface area contributed by atoms with Gasteiger partial charge >= 0.3 is 0 Å². The number of aromatic nitrogens is 4. The third-order valence-electron chi connectivity index (χ3n) is 5.17. The first-order valence-corrected chi connectivity index (χ1v) is 8.88. The molecule has 2 unspecified atom stereocenters. The summed E-state index contributed by atoms with van der Waals surface area (Å²) in [5.74, 6) is 1.22. The molecule has 2 N–H and O–H groups in total. The van der Waals surface area contributed by atoms with Crippen LogP contribution in [0.1, 0.15) is 46.4 Å². The minimum atomic E-state index is -0.226. The van der Waals surface area contributed by atoms with E-state index >= 15 is 0 Å². The van der Waals surface area contributed by atoms with Crippen molar-refractivity contribution in [2.24, 2.45) is 11.3 Å². The Bertz CT molecular complexity index is 858. The van der Waals surface area contributed by atoms with Crippen LogP contribution in [0.5, 0.6) is 0 Å². The zero-order valence-corrected chi connectivity index (χ0v) is 15.4. The van der Waals surface area contributed by atoms with Crippen LogP contribution in [0.3, 0.4) is 0 Å². The molecule has 3 rings (SSSR count). The molecule has 0 radical (unpaired) electrons. The number of hydrogen-bond donors (Lipinski definition) is 2. The molecule has 2 heterocycles. The van der Waals surface area contributed by atoms with Crippen molar-refractivity contribution < 1.29 is 0 Å². The van der Waals surface area contributed by atoms with E-state index in [1.165, 1.54) is 18.4 Å². The van der Waals surface area contributed by atoms with Gasteiger partial charge in [0.1, 0.15) is 0 Å². The molecular formula is C19H27N5O. The normalized spacial score (nSPS) is 21.6. The molecule has 2 aromatic heterocycles. The molecule has 0 bridgehead atoms. The van der Waals surface area contributed by atoms with Crippen LogP contribution in [0.25, 0.3) is 5.65 Å². The van der Waals surface area contributed by atoms with Gasteiger partial charge in [0, 0.05) is 24.4 Å². The maximum absolute atomic E-state index is 11.7. The number of H-pyrrole nitrogens is 1. The number of fused-ring (bicyclic) bond motifs is 1. The van der Waals surface area contributed by atoms with Crippen LogP contribution in [0.2, 0.25) is 0 Å². The minimum Gasteiger partial charge on any atom is -0.324 e. The molecule has 2 aromatic rings. The molecule has 6 heteroatoms. The predicted octanol–water partition coefficient (Wildman–Crippen LogP) is 2.83. The van der Waals surface area contributed by atoms with Gasteiger partial charge in [-0.15, -0.1) is 10.2 Å². The van der Waals surface area contributed by atoms with Gasteiger partial charge in [-0.1, -0.05) is 37.6 Å². The van der Waals surface area contributed by atoms with E-state index < -0.39 is 0 Å². The van der Waals surface area contributed by atoms with Gasteiger partial charge in [-0.05, 0) is 32.1 Å². The Morgan fingerprint density at radius 3 is 3.04 bits per heavy atom. The molecule has 0 amide bonds. The quantitative estimate of drug-likeness (QED) is 0.820. The van der Waals surface area contributed by atoms with Gasteiger partial charge in [0.15, 0.2) is 5.82 Å². The molecule has 1 aliphatic carbocycles. The van der Waals surface area contributed by atoms with E-state index in [1.807, 2.05) is 0 Å². The van der Waals surface area contributed by atoms with Crippen LogP contribution in [-0.2, 0) is 6.54 Å². The molecule has 0 saturated heterocycles. The van der Waals surface area contributed by atoms with E-state index in [4.69, 9.17) is 0 Å². The molecule has 0 fully saturated rings. The van der Waals surface area contributed by atoms with E-state index in [9.17, 15) is 4.79 Å². The highest BCUT2D eigenvalue weighted by Gasteiger charge is 2.30. The fourth-order valence-electron chi connectivity index (χ4n) is 3.59. The number of nitrogens with one attached hydrogen (secondary N) is 2. The minimum absolute atomic E-state index is 0.208. The standard InChI is InChI=1S/C19H27N5O/c1-13-6-5-9-19(3,4)15(13)8-7-14(2)21-12-16-22-23-17-18(25)20-10-11-24(16)17/h6-8,10-11,14-15,21H,5,9,12H2,1-4H3,(H,20,25). The molecule has 2 atom stereocenters. The SMILES string of the molecule is CC1=CCCC(C)(C)C1C=CC(C)NCc1nnc2c(=O)[nH]ccn12. The Morgan fingerprint density at radius 2 is 2.28 bits per heavy atom. The Morgan fingerprint density at radius 1 is 1.48 bits per heavy atom. The number of rotatable bonds is 5. The van der Waals surface area contributed by atoms with Gasteiger partial charge in [0.05, 0.1) is 6.54 Å². The second-order valence-electron chi connectivity index (χ2n) is 7.61. The van der Waals surface area contributed by atoms with E-state index in [1.54, 1.807) is 16.8 Å². The summed E-state index contributed by atoms with van der Waals surface area (Å²) in [6, 6.07) is 0.208. The topological polar surface area (TPSA) is 75.1 Å². The number of nitrogens with zero attached hydrogens (tertiary/aromatic N) is 3. The lowest BCUT2D eigenvalue weighted by Gasteiger charge is -2.36. The van der Waals surface area contributed by atoms with Gasteiger partial charge in [-0.3, -0.25) is 9.20 Å². The summed E-state index contributed by atoms with van der Waals surface area (Å²) in [6.45, 7) is 9.60. The van der Waals surface area contributed by atoms with E-state index in [0.29, 0.717) is 23.5 Å². The third kappa shape index (κ3) is 3.74. The summed E-state index contributed by atoms with van der Waals surface area (Å²) in [6.07, 6.45) is 12.7. The molecule has 134 valence electrons. The molecule has 25 heavy (non-hydrogen) atoms. The van der Waals surface area contributed by atoms with Crippen molar-refractivity contribution in [3.05, 3.63) is 52.4 Å². The fourth-order valence-corrected chi connectivity index (χ4v) is 3.59. The van der Waals surface area contributed by atoms with Crippen molar-refractivity contribution in [2.45, 2.75) is 53.1 Å². The zero-order valence-electron chi connectivity index (χ0n) is 15.4. The van der Waals surface area contributed by atoms with Crippen LogP contribution in [0.4, 0.5) is 0 Å². The average Bonchev–Trinajstić information content (AvgIpc) is 2.96. The van der Waals surface area contributed by atoms with Crippen LogP contribution in [0.15, 0.2) is 41.0 Å². The van der Waals surface area contributed by atoms with E-state index in [-0.39, 0.29) is 11.6 Å². The summed E-state index contributed by atoms with van der Waals surface area (Å²) in [5, 5.41) is 11.5. The predicted molar refractivity (Wildman–Crippen MR) is 99.3 cm³/mol. The van der Waals surface area contributed by atoms with Crippen molar-refractivity contribution in [3.63, 3.8) is 0 Å². The van der Waals surface area contributed by atoms with Gasteiger partial charge in [-0.2, -0.15) is 0 Å². The Balaban J connectivity index is 1.65. The van der Waals surface area contributed by atoms with E-state index in [0.717, 1.165) is 5.82 Å². The fraction of sp³-hybridized carbons (Fsp3) is 0.526. The molecular weight excluding hydrogens is 314 g/mol. The highest BCUT2D eigenvalue weighted by atomic mass is 16.1. The smallest absolute Gasteiger partial charge is 0.293 e. The van der Waals surface area contributed by atoms with Crippen LogP contribution >= 0.6 is 0 Å². The van der Waals surface area contributed by atoms with Crippen molar-refractivity contribution in [1.82, 2.24) is 24.9 Å². The lowest BCUT2D eigenvalue weighted by molar-refractivity contribution is 0.255. The van der Waals surface area contributed by atoms with Crippen LogP contribution in [0, 0.1) is 11.3 Å². The molecule has 0 spiro atoms. The average molecular weight is 341 g/mol. The highest BCUT2D eigenvalue weighted by molar-refractivity contribution is 5.33. The van der Waals surface area contributed by atoms with Gasteiger partial charge in [0.25, 0.3) is 5.56 Å². The molecule has 6 nitrogen and oxygen atoms in total.